The van der Waals surface area contributed by atoms with Crippen LogP contribution in [-0.4, -0.2) is 25.5 Å². The summed E-state index contributed by atoms with van der Waals surface area (Å²) in [4.78, 5) is 32.5. The molecule has 0 radical (unpaired) electrons. The Hall–Kier alpha value is -3.00. The van der Waals surface area contributed by atoms with Crippen LogP contribution in [0.3, 0.4) is 0 Å². The number of amides is 1. The molecule has 3 rings (SSSR count). The van der Waals surface area contributed by atoms with E-state index in [-0.39, 0.29) is 30.2 Å². The fraction of sp³-hybridized carbons (Fsp3) is 0.176. The Morgan fingerprint density at radius 3 is 2.88 bits per heavy atom. The summed E-state index contributed by atoms with van der Waals surface area (Å²) in [5.74, 6) is -0.311. The molecule has 0 saturated heterocycles. The van der Waals surface area contributed by atoms with Crippen LogP contribution in [0, 0.1) is 6.92 Å². The van der Waals surface area contributed by atoms with Crippen LogP contribution in [0.25, 0.3) is 11.4 Å². The number of carbonyl (C=O) groups excluding carboxylic acids is 1. The van der Waals surface area contributed by atoms with E-state index in [0.29, 0.717) is 16.5 Å². The van der Waals surface area contributed by atoms with Gasteiger partial charge in [0.2, 0.25) is 5.91 Å². The van der Waals surface area contributed by atoms with Crippen molar-refractivity contribution in [1.82, 2.24) is 14.5 Å². The second kappa shape index (κ2) is 7.27. The van der Waals surface area contributed by atoms with Gasteiger partial charge >= 0.3 is 0 Å². The van der Waals surface area contributed by atoms with Crippen LogP contribution in [0.2, 0.25) is 0 Å². The molecule has 0 aliphatic heterocycles. The highest BCUT2D eigenvalue weighted by Crippen LogP contribution is 2.23. The molecule has 25 heavy (non-hydrogen) atoms. The van der Waals surface area contributed by atoms with Crippen molar-refractivity contribution in [3.05, 3.63) is 58.0 Å². The molecule has 3 heterocycles. The van der Waals surface area contributed by atoms with E-state index >= 15 is 0 Å². The van der Waals surface area contributed by atoms with Crippen LogP contribution in [0.15, 0.2) is 46.7 Å². The molecule has 0 aliphatic carbocycles. The largest absolute Gasteiger partial charge is 0.508 e. The third-order valence-electron chi connectivity index (χ3n) is 3.56. The molecule has 7 nitrogen and oxygen atoms in total. The Labute approximate surface area is 147 Å². The lowest BCUT2D eigenvalue weighted by molar-refractivity contribution is -0.116. The van der Waals surface area contributed by atoms with Gasteiger partial charge in [0.1, 0.15) is 11.4 Å². The first-order chi connectivity index (χ1) is 12.0. The van der Waals surface area contributed by atoms with Crippen LogP contribution < -0.4 is 10.9 Å². The normalized spacial score (nSPS) is 10.6. The number of aromatic hydroxyl groups is 1. The average molecular weight is 356 g/mol. The van der Waals surface area contributed by atoms with Crippen LogP contribution in [0.5, 0.6) is 5.75 Å². The van der Waals surface area contributed by atoms with Crippen molar-refractivity contribution >= 4 is 22.4 Å². The molecular formula is C17H16N4O3S. The lowest BCUT2D eigenvalue weighted by atomic mass is 10.3. The molecule has 2 N–H and O–H groups in total. The molecular weight excluding hydrogens is 340 g/mol. The highest BCUT2D eigenvalue weighted by molar-refractivity contribution is 7.14. The Balaban J connectivity index is 1.62. The van der Waals surface area contributed by atoms with Gasteiger partial charge in [0.05, 0.1) is 5.69 Å². The van der Waals surface area contributed by atoms with E-state index in [4.69, 9.17) is 0 Å². The molecule has 3 aromatic rings. The smallest absolute Gasteiger partial charge is 0.254 e. The van der Waals surface area contributed by atoms with E-state index in [1.807, 2.05) is 23.6 Å². The second-order valence-corrected chi connectivity index (χ2v) is 6.25. The van der Waals surface area contributed by atoms with Crippen molar-refractivity contribution in [2.45, 2.75) is 19.9 Å². The zero-order valence-electron chi connectivity index (χ0n) is 13.5. The molecule has 0 spiro atoms. The minimum Gasteiger partial charge on any atom is -0.508 e. The summed E-state index contributed by atoms with van der Waals surface area (Å²) >= 11 is 1.32. The standard InChI is InChI=1S/C17H16N4O3S/c1-11-8-12(22)9-16(24)21(11)7-5-15(23)20-17-19-14(10-25-17)13-4-2-3-6-18-13/h2-4,6,8-10,22H,5,7H2,1H3,(H,19,20,23). The first-order valence-corrected chi connectivity index (χ1v) is 8.48. The SMILES string of the molecule is Cc1cc(O)cc(=O)n1CCC(=O)Nc1nc(-c2ccccn2)cs1. The summed E-state index contributed by atoms with van der Waals surface area (Å²) in [6.45, 7) is 1.94. The van der Waals surface area contributed by atoms with Crippen molar-refractivity contribution in [3.8, 4) is 17.1 Å². The highest BCUT2D eigenvalue weighted by Gasteiger charge is 2.10. The number of carbonyl (C=O) groups is 1. The van der Waals surface area contributed by atoms with Gasteiger partial charge < -0.3 is 15.0 Å². The molecule has 3 aromatic heterocycles. The van der Waals surface area contributed by atoms with E-state index < -0.39 is 0 Å². The number of rotatable bonds is 5. The fourth-order valence-corrected chi connectivity index (χ4v) is 3.08. The molecule has 0 bridgehead atoms. The lowest BCUT2D eigenvalue weighted by Crippen LogP contribution is -2.24. The van der Waals surface area contributed by atoms with Gasteiger partial charge in [-0.2, -0.15) is 0 Å². The van der Waals surface area contributed by atoms with Gasteiger partial charge in [-0.25, -0.2) is 4.98 Å². The fourth-order valence-electron chi connectivity index (χ4n) is 2.36. The van der Waals surface area contributed by atoms with Gasteiger partial charge in [0.25, 0.3) is 5.56 Å². The number of thiazole rings is 1. The summed E-state index contributed by atoms with van der Waals surface area (Å²) in [6, 6.07) is 8.16. The van der Waals surface area contributed by atoms with Crippen molar-refractivity contribution in [2.24, 2.45) is 0 Å². The van der Waals surface area contributed by atoms with Crippen LogP contribution in [0.1, 0.15) is 12.1 Å². The Kier molecular flexibility index (Phi) is 4.90. The monoisotopic (exact) mass is 356 g/mol. The minimum atomic E-state index is -0.336. The maximum Gasteiger partial charge on any atom is 0.254 e. The van der Waals surface area contributed by atoms with Gasteiger partial charge in [-0.1, -0.05) is 6.07 Å². The number of hydrogen-bond donors (Lipinski definition) is 2. The van der Waals surface area contributed by atoms with Gasteiger partial charge in [-0.3, -0.25) is 14.6 Å². The summed E-state index contributed by atoms with van der Waals surface area (Å²) in [5.41, 5.74) is 1.71. The number of nitrogens with zero attached hydrogens (tertiary/aromatic N) is 3. The van der Waals surface area contributed by atoms with Crippen molar-refractivity contribution in [2.75, 3.05) is 5.32 Å². The molecule has 0 aliphatic rings. The molecule has 1 amide bonds. The first-order valence-electron chi connectivity index (χ1n) is 7.60. The Morgan fingerprint density at radius 2 is 2.16 bits per heavy atom. The number of aromatic nitrogens is 3. The van der Waals surface area contributed by atoms with Crippen LogP contribution in [-0.2, 0) is 11.3 Å². The summed E-state index contributed by atoms with van der Waals surface area (Å²) in [7, 11) is 0. The van der Waals surface area contributed by atoms with Gasteiger partial charge in [-0.05, 0) is 25.1 Å². The third kappa shape index (κ3) is 4.10. The summed E-state index contributed by atoms with van der Waals surface area (Å²) in [5, 5.41) is 14.4. The van der Waals surface area contributed by atoms with Crippen molar-refractivity contribution in [3.63, 3.8) is 0 Å². The van der Waals surface area contributed by atoms with Crippen molar-refractivity contribution in [1.29, 1.82) is 0 Å². The van der Waals surface area contributed by atoms with E-state index in [2.05, 4.69) is 15.3 Å². The predicted octanol–water partition coefficient (Wildman–Crippen LogP) is 2.41. The highest BCUT2D eigenvalue weighted by atomic mass is 32.1. The first kappa shape index (κ1) is 16.8. The molecule has 0 atom stereocenters. The molecule has 0 unspecified atom stereocenters. The number of nitrogens with one attached hydrogen (secondary N) is 1. The zero-order chi connectivity index (χ0) is 17.8. The van der Waals surface area contributed by atoms with Gasteiger partial charge in [0.15, 0.2) is 5.13 Å². The molecule has 0 aromatic carbocycles. The molecule has 8 heteroatoms. The van der Waals surface area contributed by atoms with Crippen LogP contribution in [0.4, 0.5) is 5.13 Å². The summed E-state index contributed by atoms with van der Waals surface area (Å²) in [6.07, 6.45) is 1.81. The molecule has 0 fully saturated rings. The minimum absolute atomic E-state index is 0.0759. The van der Waals surface area contributed by atoms with Gasteiger partial charge in [0, 0.05) is 36.3 Å². The molecule has 0 saturated carbocycles. The number of aryl methyl sites for hydroxylation is 1. The number of anilines is 1. The van der Waals surface area contributed by atoms with E-state index in [9.17, 15) is 14.7 Å². The number of pyridine rings is 2. The Bertz CT molecular complexity index is 950. The van der Waals surface area contributed by atoms with Gasteiger partial charge in [-0.15, -0.1) is 11.3 Å². The predicted molar refractivity (Wildman–Crippen MR) is 95.7 cm³/mol. The molecule has 128 valence electrons. The van der Waals surface area contributed by atoms with E-state index in [1.165, 1.54) is 22.0 Å². The maximum atomic E-state index is 12.1. The topological polar surface area (TPSA) is 97.1 Å². The maximum absolute atomic E-state index is 12.1. The summed E-state index contributed by atoms with van der Waals surface area (Å²) < 4.78 is 1.44. The second-order valence-electron chi connectivity index (χ2n) is 5.40. The quantitative estimate of drug-likeness (QED) is 0.732. The third-order valence-corrected chi connectivity index (χ3v) is 4.32. The van der Waals surface area contributed by atoms with Crippen molar-refractivity contribution < 1.29 is 9.90 Å². The van der Waals surface area contributed by atoms with E-state index in [1.54, 1.807) is 13.1 Å². The zero-order valence-corrected chi connectivity index (χ0v) is 14.3. The average Bonchev–Trinajstić information content (AvgIpc) is 3.03. The van der Waals surface area contributed by atoms with Crippen LogP contribution >= 0.6 is 11.3 Å². The number of hydrogen-bond acceptors (Lipinski definition) is 6. The van der Waals surface area contributed by atoms with E-state index in [0.717, 1.165) is 11.8 Å². The lowest BCUT2D eigenvalue weighted by Gasteiger charge is -2.09. The Morgan fingerprint density at radius 1 is 1.32 bits per heavy atom.